The van der Waals surface area contributed by atoms with Crippen molar-refractivity contribution < 1.29 is 14.6 Å². The Labute approximate surface area is 133 Å². The zero-order chi connectivity index (χ0) is 15.2. The molecular weight excluding hydrogens is 311 g/mol. The normalized spacial score (nSPS) is 11.9. The second kappa shape index (κ2) is 7.34. The number of rotatable bonds is 6. The van der Waals surface area contributed by atoms with Crippen LogP contribution in [0.1, 0.15) is 11.1 Å². The Morgan fingerprint density at radius 3 is 2.48 bits per heavy atom. The van der Waals surface area contributed by atoms with Crippen molar-refractivity contribution in [1.82, 2.24) is 0 Å². The van der Waals surface area contributed by atoms with Crippen LogP contribution in [-0.4, -0.2) is 16.5 Å². The smallest absolute Gasteiger partial charge is 0.321 e. The summed E-state index contributed by atoms with van der Waals surface area (Å²) in [5.74, 6) is -0.307. The first-order chi connectivity index (χ1) is 10.0. The van der Waals surface area contributed by atoms with E-state index in [0.29, 0.717) is 17.4 Å². The van der Waals surface area contributed by atoms with E-state index in [9.17, 15) is 4.79 Å². The highest BCUT2D eigenvalue weighted by molar-refractivity contribution is 6.30. The van der Waals surface area contributed by atoms with E-state index in [4.69, 9.17) is 33.0 Å². The van der Waals surface area contributed by atoms with Crippen LogP contribution in [0.2, 0.25) is 5.02 Å². The van der Waals surface area contributed by atoms with E-state index in [1.165, 1.54) is 0 Å². The second-order valence-electron chi connectivity index (χ2n) is 4.57. The SMILES string of the molecule is O=C(O)C(Cl)Cc1ccc(OCc2cccc(Cl)c2)cc1. The summed E-state index contributed by atoms with van der Waals surface area (Å²) in [6.45, 7) is 0.424. The Morgan fingerprint density at radius 1 is 1.14 bits per heavy atom. The molecule has 1 atom stereocenters. The molecule has 1 unspecified atom stereocenters. The number of benzene rings is 2. The molecule has 5 heteroatoms. The van der Waals surface area contributed by atoms with Gasteiger partial charge in [-0.25, -0.2) is 0 Å². The van der Waals surface area contributed by atoms with Gasteiger partial charge in [0.1, 0.15) is 17.7 Å². The van der Waals surface area contributed by atoms with Crippen molar-refractivity contribution in [2.75, 3.05) is 0 Å². The van der Waals surface area contributed by atoms with Crippen LogP contribution in [-0.2, 0) is 17.8 Å². The van der Waals surface area contributed by atoms with E-state index in [-0.39, 0.29) is 6.42 Å². The molecule has 0 aromatic heterocycles. The fourth-order valence-corrected chi connectivity index (χ4v) is 2.20. The molecule has 2 aromatic carbocycles. The Morgan fingerprint density at radius 2 is 1.86 bits per heavy atom. The fraction of sp³-hybridized carbons (Fsp3) is 0.188. The molecule has 2 rings (SSSR count). The third-order valence-corrected chi connectivity index (χ3v) is 3.48. The van der Waals surface area contributed by atoms with Crippen LogP contribution in [0.25, 0.3) is 0 Å². The van der Waals surface area contributed by atoms with Gasteiger partial charge in [-0.05, 0) is 41.8 Å². The molecule has 0 bridgehead atoms. The van der Waals surface area contributed by atoms with E-state index in [0.717, 1.165) is 11.1 Å². The number of carboxylic acids is 1. The first-order valence-corrected chi connectivity index (χ1v) is 7.19. The van der Waals surface area contributed by atoms with Gasteiger partial charge in [0.15, 0.2) is 0 Å². The van der Waals surface area contributed by atoms with Crippen molar-refractivity contribution >= 4 is 29.2 Å². The predicted molar refractivity (Wildman–Crippen MR) is 83.2 cm³/mol. The fourth-order valence-electron chi connectivity index (χ4n) is 1.81. The van der Waals surface area contributed by atoms with Crippen LogP contribution in [0.5, 0.6) is 5.75 Å². The second-order valence-corrected chi connectivity index (χ2v) is 5.54. The predicted octanol–water partition coefficient (Wildman–Crippen LogP) is 4.15. The van der Waals surface area contributed by atoms with Gasteiger partial charge >= 0.3 is 5.97 Å². The number of hydrogen-bond donors (Lipinski definition) is 1. The van der Waals surface area contributed by atoms with Gasteiger partial charge in [0.25, 0.3) is 0 Å². The lowest BCUT2D eigenvalue weighted by molar-refractivity contribution is -0.136. The summed E-state index contributed by atoms with van der Waals surface area (Å²) in [7, 11) is 0. The lowest BCUT2D eigenvalue weighted by atomic mass is 10.1. The first-order valence-electron chi connectivity index (χ1n) is 6.37. The van der Waals surface area contributed by atoms with E-state index in [1.807, 2.05) is 36.4 Å². The highest BCUT2D eigenvalue weighted by Gasteiger charge is 2.13. The molecule has 2 aromatic rings. The molecule has 21 heavy (non-hydrogen) atoms. The average Bonchev–Trinajstić information content (AvgIpc) is 2.46. The van der Waals surface area contributed by atoms with Crippen LogP contribution >= 0.6 is 23.2 Å². The van der Waals surface area contributed by atoms with Gasteiger partial charge in [-0.3, -0.25) is 4.79 Å². The van der Waals surface area contributed by atoms with Gasteiger partial charge in [-0.1, -0.05) is 35.9 Å². The van der Waals surface area contributed by atoms with Crippen LogP contribution < -0.4 is 4.74 Å². The molecule has 0 fully saturated rings. The summed E-state index contributed by atoms with van der Waals surface area (Å²) in [4.78, 5) is 10.7. The van der Waals surface area contributed by atoms with Gasteiger partial charge in [0.2, 0.25) is 0 Å². The average molecular weight is 325 g/mol. The van der Waals surface area contributed by atoms with E-state index in [1.54, 1.807) is 12.1 Å². The zero-order valence-corrected chi connectivity index (χ0v) is 12.6. The lowest BCUT2D eigenvalue weighted by Crippen LogP contribution is -2.15. The number of carbonyl (C=O) groups is 1. The summed E-state index contributed by atoms with van der Waals surface area (Å²) in [5.41, 5.74) is 1.84. The van der Waals surface area contributed by atoms with Crippen LogP contribution in [0.15, 0.2) is 48.5 Å². The zero-order valence-electron chi connectivity index (χ0n) is 11.1. The van der Waals surface area contributed by atoms with Crippen LogP contribution in [0.3, 0.4) is 0 Å². The molecule has 0 saturated heterocycles. The number of aliphatic carboxylic acids is 1. The molecule has 0 saturated carbocycles. The van der Waals surface area contributed by atoms with Crippen molar-refractivity contribution in [3.05, 3.63) is 64.7 Å². The minimum Gasteiger partial charge on any atom is -0.489 e. The quantitative estimate of drug-likeness (QED) is 0.812. The molecule has 0 aliphatic heterocycles. The maximum atomic E-state index is 10.7. The molecule has 3 nitrogen and oxygen atoms in total. The summed E-state index contributed by atoms with van der Waals surface area (Å²) in [5, 5.41) is 8.52. The molecule has 0 radical (unpaired) electrons. The van der Waals surface area contributed by atoms with Gasteiger partial charge in [-0.2, -0.15) is 0 Å². The van der Waals surface area contributed by atoms with E-state index in [2.05, 4.69) is 0 Å². The molecule has 1 N–H and O–H groups in total. The lowest BCUT2D eigenvalue weighted by Gasteiger charge is -2.08. The number of halogens is 2. The number of hydrogen-bond acceptors (Lipinski definition) is 2. The molecule has 0 amide bonds. The summed E-state index contributed by atoms with van der Waals surface area (Å²) in [6.07, 6.45) is 0.283. The van der Waals surface area contributed by atoms with Crippen molar-refractivity contribution in [2.45, 2.75) is 18.4 Å². The molecule has 0 heterocycles. The maximum absolute atomic E-state index is 10.7. The van der Waals surface area contributed by atoms with Crippen molar-refractivity contribution in [1.29, 1.82) is 0 Å². The summed E-state index contributed by atoms with van der Waals surface area (Å²) < 4.78 is 5.65. The minimum absolute atomic E-state index is 0.283. The highest BCUT2D eigenvalue weighted by Crippen LogP contribution is 2.17. The molecular formula is C16H14Cl2O3. The molecule has 110 valence electrons. The Balaban J connectivity index is 1.92. The van der Waals surface area contributed by atoms with Crippen molar-refractivity contribution in [3.8, 4) is 5.75 Å². The third kappa shape index (κ3) is 4.96. The van der Waals surface area contributed by atoms with Gasteiger partial charge < -0.3 is 9.84 Å². The summed E-state index contributed by atoms with van der Waals surface area (Å²) >= 11 is 11.6. The van der Waals surface area contributed by atoms with Crippen LogP contribution in [0.4, 0.5) is 0 Å². The van der Waals surface area contributed by atoms with Gasteiger partial charge in [0.05, 0.1) is 0 Å². The number of carboxylic acid groups (broad SMARTS) is 1. The maximum Gasteiger partial charge on any atom is 0.321 e. The largest absolute Gasteiger partial charge is 0.489 e. The molecule has 0 spiro atoms. The Kier molecular flexibility index (Phi) is 5.48. The number of alkyl halides is 1. The molecule has 0 aliphatic carbocycles. The monoisotopic (exact) mass is 324 g/mol. The summed E-state index contributed by atoms with van der Waals surface area (Å²) in [6, 6.07) is 14.7. The first kappa shape index (κ1) is 15.7. The minimum atomic E-state index is -1.02. The topological polar surface area (TPSA) is 46.5 Å². The number of ether oxygens (including phenoxy) is 1. The highest BCUT2D eigenvalue weighted by atomic mass is 35.5. The van der Waals surface area contributed by atoms with E-state index < -0.39 is 11.3 Å². The standard InChI is InChI=1S/C16H14Cl2O3/c17-13-3-1-2-12(8-13)10-21-14-6-4-11(5-7-14)9-15(18)16(19)20/h1-8,15H,9-10H2,(H,19,20). The van der Waals surface area contributed by atoms with Crippen LogP contribution in [0, 0.1) is 0 Å². The van der Waals surface area contributed by atoms with Crippen molar-refractivity contribution in [2.24, 2.45) is 0 Å². The van der Waals surface area contributed by atoms with Gasteiger partial charge in [-0.15, -0.1) is 11.6 Å². The molecule has 0 aliphatic rings. The van der Waals surface area contributed by atoms with Crippen molar-refractivity contribution in [3.63, 3.8) is 0 Å². The third-order valence-electron chi connectivity index (χ3n) is 2.90. The Bertz CT molecular complexity index is 611. The van der Waals surface area contributed by atoms with E-state index >= 15 is 0 Å². The Hall–Kier alpha value is -1.71. The van der Waals surface area contributed by atoms with Gasteiger partial charge in [0, 0.05) is 5.02 Å².